The second-order valence-corrected chi connectivity index (χ2v) is 7.23. The Bertz CT molecular complexity index is 894. The molecule has 0 radical (unpaired) electrons. The molecule has 1 aromatic carbocycles. The number of nitrogens with zero attached hydrogens (tertiary/aromatic N) is 4. The number of thioether (sulfide) groups is 1. The van der Waals surface area contributed by atoms with Crippen molar-refractivity contribution in [2.75, 3.05) is 12.3 Å². The van der Waals surface area contributed by atoms with Crippen LogP contribution in [0, 0.1) is 11.7 Å². The zero-order valence-electron chi connectivity index (χ0n) is 14.6. The van der Waals surface area contributed by atoms with Crippen LogP contribution in [0.5, 0.6) is 0 Å². The largest absolute Gasteiger partial charge is 0.355 e. The third-order valence-electron chi connectivity index (χ3n) is 3.78. The first kappa shape index (κ1) is 18.3. The molecule has 3 aromatic rings. The number of amides is 1. The van der Waals surface area contributed by atoms with E-state index < -0.39 is 0 Å². The van der Waals surface area contributed by atoms with Crippen molar-refractivity contribution >= 4 is 28.7 Å². The minimum atomic E-state index is -0.306. The number of rotatable bonds is 7. The Labute approximate surface area is 155 Å². The predicted molar refractivity (Wildman–Crippen MR) is 99.8 cm³/mol. The standard InChI is InChI=1S/C18H20FN5OS/c1-12(2)7-8-20-16(25)10-26-18-15-9-23-24(17(15)21-11-22-18)14-5-3-13(19)4-6-14/h3-6,9,11-12H,7-8,10H2,1-2H3,(H,20,25). The number of fused-ring (bicyclic) bond motifs is 1. The molecule has 0 unspecified atom stereocenters. The molecule has 136 valence electrons. The maximum atomic E-state index is 13.1. The molecule has 26 heavy (non-hydrogen) atoms. The van der Waals surface area contributed by atoms with E-state index >= 15 is 0 Å². The van der Waals surface area contributed by atoms with Crippen LogP contribution in [-0.4, -0.2) is 38.0 Å². The van der Waals surface area contributed by atoms with Gasteiger partial charge in [0.2, 0.25) is 5.91 Å². The van der Waals surface area contributed by atoms with E-state index in [9.17, 15) is 9.18 Å². The van der Waals surface area contributed by atoms with Gasteiger partial charge in [0, 0.05) is 6.54 Å². The molecule has 3 rings (SSSR count). The van der Waals surface area contributed by atoms with Crippen LogP contribution < -0.4 is 5.32 Å². The Morgan fingerprint density at radius 3 is 2.77 bits per heavy atom. The highest BCUT2D eigenvalue weighted by molar-refractivity contribution is 8.00. The second kappa shape index (κ2) is 8.27. The van der Waals surface area contributed by atoms with E-state index in [0.29, 0.717) is 28.8 Å². The first-order valence-electron chi connectivity index (χ1n) is 8.39. The van der Waals surface area contributed by atoms with Crippen molar-refractivity contribution in [2.24, 2.45) is 5.92 Å². The summed E-state index contributed by atoms with van der Waals surface area (Å²) in [6.45, 7) is 4.92. The molecule has 0 saturated heterocycles. The second-order valence-electron chi connectivity index (χ2n) is 6.27. The third-order valence-corrected chi connectivity index (χ3v) is 4.79. The van der Waals surface area contributed by atoms with Crippen molar-refractivity contribution < 1.29 is 9.18 Å². The van der Waals surface area contributed by atoms with Gasteiger partial charge >= 0.3 is 0 Å². The summed E-state index contributed by atoms with van der Waals surface area (Å²) in [5.41, 5.74) is 1.33. The van der Waals surface area contributed by atoms with Crippen molar-refractivity contribution in [1.29, 1.82) is 0 Å². The van der Waals surface area contributed by atoms with Crippen LogP contribution in [-0.2, 0) is 4.79 Å². The van der Waals surface area contributed by atoms with Crippen LogP contribution in [0.3, 0.4) is 0 Å². The van der Waals surface area contributed by atoms with E-state index in [2.05, 4.69) is 34.2 Å². The van der Waals surface area contributed by atoms with Gasteiger partial charge in [0.15, 0.2) is 5.65 Å². The summed E-state index contributed by atoms with van der Waals surface area (Å²) < 4.78 is 14.7. The highest BCUT2D eigenvalue weighted by Crippen LogP contribution is 2.25. The normalized spacial score (nSPS) is 11.2. The van der Waals surface area contributed by atoms with E-state index in [1.54, 1.807) is 23.0 Å². The fourth-order valence-electron chi connectivity index (χ4n) is 2.39. The number of benzene rings is 1. The number of aromatic nitrogens is 4. The van der Waals surface area contributed by atoms with Crippen molar-refractivity contribution in [2.45, 2.75) is 25.3 Å². The number of hydrogen-bond acceptors (Lipinski definition) is 5. The summed E-state index contributed by atoms with van der Waals surface area (Å²) in [4.78, 5) is 20.5. The Hall–Kier alpha value is -2.48. The quantitative estimate of drug-likeness (QED) is 0.509. The lowest BCUT2D eigenvalue weighted by atomic mass is 10.1. The van der Waals surface area contributed by atoms with E-state index in [-0.39, 0.29) is 17.5 Å². The average Bonchev–Trinajstić information content (AvgIpc) is 3.05. The molecule has 0 aliphatic heterocycles. The summed E-state index contributed by atoms with van der Waals surface area (Å²) >= 11 is 1.35. The Morgan fingerprint density at radius 1 is 1.27 bits per heavy atom. The van der Waals surface area contributed by atoms with Gasteiger partial charge in [0.05, 0.1) is 23.0 Å². The maximum absolute atomic E-state index is 13.1. The predicted octanol–water partition coefficient (Wildman–Crippen LogP) is 3.21. The molecule has 2 heterocycles. The van der Waals surface area contributed by atoms with Gasteiger partial charge in [-0.15, -0.1) is 0 Å². The number of nitrogens with one attached hydrogen (secondary N) is 1. The minimum Gasteiger partial charge on any atom is -0.355 e. The maximum Gasteiger partial charge on any atom is 0.230 e. The van der Waals surface area contributed by atoms with Crippen molar-refractivity contribution in [3.05, 3.63) is 42.6 Å². The molecule has 8 heteroatoms. The number of hydrogen-bond donors (Lipinski definition) is 1. The van der Waals surface area contributed by atoms with Crippen molar-refractivity contribution in [3.63, 3.8) is 0 Å². The summed E-state index contributed by atoms with van der Waals surface area (Å²) in [6.07, 6.45) is 4.07. The lowest BCUT2D eigenvalue weighted by Gasteiger charge is -2.07. The molecule has 0 atom stereocenters. The van der Waals surface area contributed by atoms with Crippen LogP contribution in [0.1, 0.15) is 20.3 Å². The van der Waals surface area contributed by atoms with Crippen LogP contribution in [0.25, 0.3) is 16.7 Å². The van der Waals surface area contributed by atoms with Gasteiger partial charge in [0.25, 0.3) is 0 Å². The molecule has 0 spiro atoms. The lowest BCUT2D eigenvalue weighted by molar-refractivity contribution is -0.118. The van der Waals surface area contributed by atoms with Crippen LogP contribution in [0.4, 0.5) is 4.39 Å². The van der Waals surface area contributed by atoms with Crippen molar-refractivity contribution in [1.82, 2.24) is 25.1 Å². The molecule has 0 saturated carbocycles. The fraction of sp³-hybridized carbons (Fsp3) is 0.333. The van der Waals surface area contributed by atoms with Gasteiger partial charge in [-0.1, -0.05) is 25.6 Å². The molecule has 2 aromatic heterocycles. The molecular weight excluding hydrogens is 353 g/mol. The van der Waals surface area contributed by atoms with Gasteiger partial charge in [-0.25, -0.2) is 19.0 Å². The molecule has 1 amide bonds. The van der Waals surface area contributed by atoms with Crippen LogP contribution in [0.15, 0.2) is 41.8 Å². The SMILES string of the molecule is CC(C)CCNC(=O)CSc1ncnc2c1cnn2-c1ccc(F)cc1. The molecule has 0 aliphatic carbocycles. The van der Waals surface area contributed by atoms with E-state index in [0.717, 1.165) is 11.8 Å². The molecular formula is C18H20FN5OS. The highest BCUT2D eigenvalue weighted by atomic mass is 32.2. The van der Waals surface area contributed by atoms with Gasteiger partial charge in [0.1, 0.15) is 17.2 Å². The summed E-state index contributed by atoms with van der Waals surface area (Å²) in [6, 6.07) is 6.03. The zero-order chi connectivity index (χ0) is 18.5. The summed E-state index contributed by atoms with van der Waals surface area (Å²) in [5.74, 6) is 0.515. The molecule has 0 aliphatic rings. The highest BCUT2D eigenvalue weighted by Gasteiger charge is 2.13. The molecule has 0 bridgehead atoms. The van der Waals surface area contributed by atoms with E-state index in [4.69, 9.17) is 0 Å². The Balaban J connectivity index is 1.72. The summed E-state index contributed by atoms with van der Waals surface area (Å²) in [5, 5.41) is 8.70. The zero-order valence-corrected chi connectivity index (χ0v) is 15.5. The number of halogens is 1. The molecule has 0 fully saturated rings. The Kier molecular flexibility index (Phi) is 5.82. The number of carbonyl (C=O) groups is 1. The monoisotopic (exact) mass is 373 g/mol. The van der Waals surface area contributed by atoms with E-state index in [1.165, 1.54) is 30.2 Å². The molecule has 6 nitrogen and oxygen atoms in total. The average molecular weight is 373 g/mol. The first-order valence-corrected chi connectivity index (χ1v) is 9.37. The third kappa shape index (κ3) is 4.37. The minimum absolute atomic E-state index is 0.0201. The summed E-state index contributed by atoms with van der Waals surface area (Å²) in [7, 11) is 0. The molecule has 1 N–H and O–H groups in total. The van der Waals surface area contributed by atoms with Gasteiger partial charge in [-0.2, -0.15) is 5.10 Å². The van der Waals surface area contributed by atoms with Crippen molar-refractivity contribution in [3.8, 4) is 5.69 Å². The first-order chi connectivity index (χ1) is 12.5. The van der Waals surface area contributed by atoms with Gasteiger partial charge in [-0.3, -0.25) is 4.79 Å². The van der Waals surface area contributed by atoms with Crippen LogP contribution >= 0.6 is 11.8 Å². The topological polar surface area (TPSA) is 72.7 Å². The van der Waals surface area contributed by atoms with Crippen LogP contribution in [0.2, 0.25) is 0 Å². The smallest absolute Gasteiger partial charge is 0.230 e. The Morgan fingerprint density at radius 2 is 2.04 bits per heavy atom. The van der Waals surface area contributed by atoms with Gasteiger partial charge in [-0.05, 0) is 36.6 Å². The lowest BCUT2D eigenvalue weighted by Crippen LogP contribution is -2.26. The van der Waals surface area contributed by atoms with Gasteiger partial charge < -0.3 is 5.32 Å². The van der Waals surface area contributed by atoms with E-state index in [1.807, 2.05) is 0 Å². The number of carbonyl (C=O) groups excluding carboxylic acids is 1. The fourth-order valence-corrected chi connectivity index (χ4v) is 3.19.